The molecule has 0 aliphatic carbocycles. The highest BCUT2D eigenvalue weighted by Gasteiger charge is 2.10. The minimum absolute atomic E-state index is 0.209. The number of aliphatic hydroxyl groups is 1. The normalized spacial score (nSPS) is 12.2. The zero-order valence-electron chi connectivity index (χ0n) is 10.3. The van der Waals surface area contributed by atoms with Gasteiger partial charge in [0.2, 0.25) is 0 Å². The van der Waals surface area contributed by atoms with Gasteiger partial charge in [-0.3, -0.25) is 9.48 Å². The summed E-state index contributed by atoms with van der Waals surface area (Å²) in [4.78, 5) is 11.9. The SMILES string of the molecule is CC(O)c1ccc(NC(=O)c2ccnn2C)cc1. The van der Waals surface area contributed by atoms with E-state index in [0.29, 0.717) is 11.4 Å². The largest absolute Gasteiger partial charge is 0.389 e. The molecule has 0 bridgehead atoms. The van der Waals surface area contributed by atoms with Gasteiger partial charge in [0.05, 0.1) is 6.10 Å². The van der Waals surface area contributed by atoms with Gasteiger partial charge >= 0.3 is 0 Å². The van der Waals surface area contributed by atoms with Crippen molar-refractivity contribution in [2.75, 3.05) is 5.32 Å². The summed E-state index contributed by atoms with van der Waals surface area (Å²) in [6.45, 7) is 1.70. The van der Waals surface area contributed by atoms with Crippen LogP contribution >= 0.6 is 0 Å². The Hall–Kier alpha value is -2.14. The second-order valence-electron chi connectivity index (χ2n) is 4.09. The van der Waals surface area contributed by atoms with Gasteiger partial charge in [-0.05, 0) is 30.7 Å². The molecule has 5 heteroatoms. The van der Waals surface area contributed by atoms with Crippen molar-refractivity contribution in [3.05, 3.63) is 47.8 Å². The van der Waals surface area contributed by atoms with Crippen molar-refractivity contribution in [1.82, 2.24) is 9.78 Å². The molecule has 0 radical (unpaired) electrons. The monoisotopic (exact) mass is 245 g/mol. The maximum atomic E-state index is 11.9. The molecular weight excluding hydrogens is 230 g/mol. The van der Waals surface area contributed by atoms with Gasteiger partial charge < -0.3 is 10.4 Å². The van der Waals surface area contributed by atoms with Crippen LogP contribution < -0.4 is 5.32 Å². The van der Waals surface area contributed by atoms with Crippen LogP contribution in [0.2, 0.25) is 0 Å². The van der Waals surface area contributed by atoms with Crippen molar-refractivity contribution in [1.29, 1.82) is 0 Å². The molecule has 0 aliphatic rings. The highest BCUT2D eigenvalue weighted by molar-refractivity contribution is 6.02. The Kier molecular flexibility index (Phi) is 3.43. The number of aromatic nitrogens is 2. The fraction of sp³-hybridized carbons (Fsp3) is 0.231. The zero-order chi connectivity index (χ0) is 13.1. The quantitative estimate of drug-likeness (QED) is 0.865. The molecule has 1 aromatic carbocycles. The molecule has 1 amide bonds. The van der Waals surface area contributed by atoms with Crippen molar-refractivity contribution >= 4 is 11.6 Å². The summed E-state index contributed by atoms with van der Waals surface area (Å²) in [5.74, 6) is -0.209. The average Bonchev–Trinajstić information content (AvgIpc) is 2.76. The number of hydrogen-bond acceptors (Lipinski definition) is 3. The van der Waals surface area contributed by atoms with Crippen LogP contribution in [0.5, 0.6) is 0 Å². The lowest BCUT2D eigenvalue weighted by atomic mass is 10.1. The Morgan fingerprint density at radius 3 is 2.50 bits per heavy atom. The summed E-state index contributed by atoms with van der Waals surface area (Å²) in [6.07, 6.45) is 1.07. The van der Waals surface area contributed by atoms with Crippen molar-refractivity contribution in [2.24, 2.45) is 7.05 Å². The van der Waals surface area contributed by atoms with Crippen molar-refractivity contribution < 1.29 is 9.90 Å². The summed E-state index contributed by atoms with van der Waals surface area (Å²) in [5, 5.41) is 16.1. The van der Waals surface area contributed by atoms with Gasteiger partial charge in [0.1, 0.15) is 5.69 Å². The standard InChI is InChI=1S/C13H15N3O2/c1-9(17)10-3-5-11(6-4-10)15-13(18)12-7-8-14-16(12)2/h3-9,17H,1-2H3,(H,15,18). The lowest BCUT2D eigenvalue weighted by Gasteiger charge is -2.08. The fourth-order valence-electron chi connectivity index (χ4n) is 1.64. The minimum Gasteiger partial charge on any atom is -0.389 e. The second-order valence-corrected chi connectivity index (χ2v) is 4.09. The van der Waals surface area contributed by atoms with E-state index in [1.54, 1.807) is 50.5 Å². The molecule has 0 fully saturated rings. The van der Waals surface area contributed by atoms with Crippen molar-refractivity contribution in [3.63, 3.8) is 0 Å². The first-order chi connectivity index (χ1) is 8.58. The molecule has 94 valence electrons. The smallest absolute Gasteiger partial charge is 0.273 e. The molecule has 18 heavy (non-hydrogen) atoms. The van der Waals surface area contributed by atoms with E-state index in [0.717, 1.165) is 5.56 Å². The molecule has 2 rings (SSSR count). The van der Waals surface area contributed by atoms with E-state index in [1.165, 1.54) is 4.68 Å². The number of anilines is 1. The summed E-state index contributed by atoms with van der Waals surface area (Å²) in [5.41, 5.74) is 1.99. The van der Waals surface area contributed by atoms with Crippen LogP contribution in [0.1, 0.15) is 29.1 Å². The van der Waals surface area contributed by atoms with Crippen LogP contribution in [0.25, 0.3) is 0 Å². The molecule has 0 saturated carbocycles. The summed E-state index contributed by atoms with van der Waals surface area (Å²) < 4.78 is 1.51. The maximum Gasteiger partial charge on any atom is 0.273 e. The van der Waals surface area contributed by atoms with Gasteiger partial charge in [-0.25, -0.2) is 0 Å². The molecule has 2 aromatic rings. The minimum atomic E-state index is -0.508. The first kappa shape index (κ1) is 12.3. The molecule has 1 atom stereocenters. The Balaban J connectivity index is 2.10. The Bertz CT molecular complexity index is 544. The molecule has 0 spiro atoms. The number of amides is 1. The number of benzene rings is 1. The van der Waals surface area contributed by atoms with E-state index in [4.69, 9.17) is 0 Å². The van der Waals surface area contributed by atoms with Crippen LogP contribution in [0.3, 0.4) is 0 Å². The Morgan fingerprint density at radius 1 is 1.33 bits per heavy atom. The van der Waals surface area contributed by atoms with Gasteiger partial charge in [-0.2, -0.15) is 5.10 Å². The van der Waals surface area contributed by atoms with E-state index in [9.17, 15) is 9.90 Å². The second kappa shape index (κ2) is 5.01. The third-order valence-electron chi connectivity index (χ3n) is 2.70. The van der Waals surface area contributed by atoms with Crippen LogP contribution in [0, 0.1) is 0 Å². The van der Waals surface area contributed by atoms with Crippen LogP contribution in [0.15, 0.2) is 36.5 Å². The molecule has 1 heterocycles. The number of aliphatic hydroxyl groups excluding tert-OH is 1. The van der Waals surface area contributed by atoms with Crippen molar-refractivity contribution in [2.45, 2.75) is 13.0 Å². The van der Waals surface area contributed by atoms with Crippen LogP contribution in [-0.2, 0) is 7.05 Å². The predicted molar refractivity (Wildman–Crippen MR) is 68.2 cm³/mol. The number of nitrogens with zero attached hydrogens (tertiary/aromatic N) is 2. The molecule has 5 nitrogen and oxygen atoms in total. The summed E-state index contributed by atoms with van der Waals surface area (Å²) >= 11 is 0. The van der Waals surface area contributed by atoms with Gasteiger partial charge in [0.25, 0.3) is 5.91 Å². The van der Waals surface area contributed by atoms with E-state index >= 15 is 0 Å². The van der Waals surface area contributed by atoms with E-state index in [-0.39, 0.29) is 5.91 Å². The number of hydrogen-bond donors (Lipinski definition) is 2. The fourth-order valence-corrected chi connectivity index (χ4v) is 1.64. The Morgan fingerprint density at radius 2 is 2.00 bits per heavy atom. The Labute approximate surface area is 105 Å². The van der Waals surface area contributed by atoms with Crippen LogP contribution in [0.4, 0.5) is 5.69 Å². The van der Waals surface area contributed by atoms with Gasteiger partial charge in [-0.15, -0.1) is 0 Å². The topological polar surface area (TPSA) is 67.2 Å². The van der Waals surface area contributed by atoms with Gasteiger partial charge in [0.15, 0.2) is 0 Å². The highest BCUT2D eigenvalue weighted by Crippen LogP contribution is 2.16. The maximum absolute atomic E-state index is 11.9. The third-order valence-corrected chi connectivity index (χ3v) is 2.70. The lowest BCUT2D eigenvalue weighted by molar-refractivity contribution is 0.101. The average molecular weight is 245 g/mol. The number of aryl methyl sites for hydroxylation is 1. The molecule has 2 N–H and O–H groups in total. The van der Waals surface area contributed by atoms with Crippen molar-refractivity contribution in [3.8, 4) is 0 Å². The highest BCUT2D eigenvalue weighted by atomic mass is 16.3. The number of carbonyl (C=O) groups excluding carboxylic acids is 1. The molecule has 1 aromatic heterocycles. The van der Waals surface area contributed by atoms with Gasteiger partial charge in [-0.1, -0.05) is 12.1 Å². The molecule has 1 unspecified atom stereocenters. The predicted octanol–water partition coefficient (Wildman–Crippen LogP) is 1.73. The molecule has 0 aliphatic heterocycles. The summed E-state index contributed by atoms with van der Waals surface area (Å²) in [6, 6.07) is 8.74. The third kappa shape index (κ3) is 2.57. The summed E-state index contributed by atoms with van der Waals surface area (Å²) in [7, 11) is 1.71. The first-order valence-corrected chi connectivity index (χ1v) is 5.65. The number of rotatable bonds is 3. The van der Waals surface area contributed by atoms with Crippen LogP contribution in [-0.4, -0.2) is 20.8 Å². The van der Waals surface area contributed by atoms with E-state index in [1.807, 2.05) is 0 Å². The molecule has 0 saturated heterocycles. The number of nitrogens with one attached hydrogen (secondary N) is 1. The van der Waals surface area contributed by atoms with E-state index < -0.39 is 6.10 Å². The lowest BCUT2D eigenvalue weighted by Crippen LogP contribution is -2.16. The molecular formula is C13H15N3O2. The first-order valence-electron chi connectivity index (χ1n) is 5.65. The number of carbonyl (C=O) groups is 1. The van der Waals surface area contributed by atoms with Gasteiger partial charge in [0, 0.05) is 18.9 Å². The van der Waals surface area contributed by atoms with E-state index in [2.05, 4.69) is 10.4 Å². The zero-order valence-corrected chi connectivity index (χ0v) is 10.3.